The number of aryl methyl sites for hydroxylation is 1. The van der Waals surface area contributed by atoms with Crippen LogP contribution in [0.2, 0.25) is 0 Å². The molecule has 0 saturated heterocycles. The van der Waals surface area contributed by atoms with Crippen molar-refractivity contribution < 1.29 is 0 Å². The van der Waals surface area contributed by atoms with Crippen molar-refractivity contribution in [2.45, 2.75) is 24.7 Å². The van der Waals surface area contributed by atoms with Crippen LogP contribution >= 0.6 is 0 Å². The van der Waals surface area contributed by atoms with Gasteiger partial charge in [-0.15, -0.1) is 0 Å². The van der Waals surface area contributed by atoms with Gasteiger partial charge in [0.15, 0.2) is 0 Å². The Bertz CT molecular complexity index is 3890. The molecule has 11 aromatic carbocycles. The molecule has 0 bridgehead atoms. The summed E-state index contributed by atoms with van der Waals surface area (Å²) >= 11 is 0. The van der Waals surface area contributed by atoms with E-state index in [0.717, 1.165) is 34.1 Å². The highest BCUT2D eigenvalue weighted by Gasteiger charge is 2.54. The first-order chi connectivity index (χ1) is 36.6. The normalized spacial score (nSPS) is 15.3. The van der Waals surface area contributed by atoms with Crippen molar-refractivity contribution >= 4 is 45.3 Å². The fraction of sp³-hybridized carbons (Fsp3) is 0.0556. The van der Waals surface area contributed by atoms with Crippen LogP contribution in [0.15, 0.2) is 279 Å². The van der Waals surface area contributed by atoms with Crippen LogP contribution in [-0.4, -0.2) is 0 Å². The third-order valence-corrected chi connectivity index (χ3v) is 16.3. The van der Waals surface area contributed by atoms with Gasteiger partial charge in [0, 0.05) is 34.1 Å². The van der Waals surface area contributed by atoms with Crippen LogP contribution in [0.5, 0.6) is 0 Å². The summed E-state index contributed by atoms with van der Waals surface area (Å²) < 4.78 is 0. The molecular weight excluding hydrogens is 893 g/mol. The fourth-order valence-corrected chi connectivity index (χ4v) is 13.3. The molecule has 3 aliphatic rings. The number of rotatable bonds is 9. The van der Waals surface area contributed by atoms with Crippen LogP contribution in [0, 0.1) is 6.92 Å². The first kappa shape index (κ1) is 43.5. The summed E-state index contributed by atoms with van der Waals surface area (Å²) in [5.74, 6) is 0. The van der Waals surface area contributed by atoms with Crippen molar-refractivity contribution in [3.63, 3.8) is 0 Å². The molecular formula is C72H52N2. The van der Waals surface area contributed by atoms with Gasteiger partial charge in [0.05, 0.1) is 10.8 Å². The quantitative estimate of drug-likeness (QED) is 0.142. The second-order valence-electron chi connectivity index (χ2n) is 20.0. The van der Waals surface area contributed by atoms with E-state index in [2.05, 4.69) is 303 Å². The molecule has 2 nitrogen and oxygen atoms in total. The Kier molecular flexibility index (Phi) is 10.1. The van der Waals surface area contributed by atoms with E-state index >= 15 is 0 Å². The molecule has 0 fully saturated rings. The van der Waals surface area contributed by atoms with Crippen LogP contribution in [-0.2, 0) is 10.8 Å². The molecule has 0 heterocycles. The number of para-hydroxylation sites is 3. The van der Waals surface area contributed by atoms with E-state index in [9.17, 15) is 0 Å². The van der Waals surface area contributed by atoms with Crippen molar-refractivity contribution in [3.05, 3.63) is 335 Å². The second kappa shape index (κ2) is 17.2. The molecule has 0 aromatic heterocycles. The zero-order valence-electron chi connectivity index (χ0n) is 41.5. The highest BCUT2D eigenvalue weighted by atomic mass is 15.1. The largest absolute Gasteiger partial charge is 0.310 e. The number of anilines is 6. The highest BCUT2D eigenvalue weighted by Crippen LogP contribution is 2.66. The number of hydrogen-bond acceptors (Lipinski definition) is 2. The summed E-state index contributed by atoms with van der Waals surface area (Å²) in [4.78, 5) is 4.89. The van der Waals surface area contributed by atoms with Gasteiger partial charge in [0.2, 0.25) is 0 Å². The summed E-state index contributed by atoms with van der Waals surface area (Å²) in [5.41, 5.74) is 25.9. The molecule has 0 radical (unpaired) electrons. The Morgan fingerprint density at radius 1 is 0.243 bits per heavy atom. The molecule has 1 spiro atoms. The van der Waals surface area contributed by atoms with Crippen LogP contribution in [0.3, 0.4) is 0 Å². The van der Waals surface area contributed by atoms with Gasteiger partial charge in [-0.05, 0) is 176 Å². The van der Waals surface area contributed by atoms with Gasteiger partial charge in [-0.1, -0.05) is 206 Å². The predicted molar refractivity (Wildman–Crippen MR) is 309 cm³/mol. The Morgan fingerprint density at radius 2 is 0.568 bits per heavy atom. The molecule has 0 saturated carbocycles. The molecule has 0 N–H and O–H groups in total. The minimum Gasteiger partial charge on any atom is -0.310 e. The molecule has 3 aliphatic carbocycles. The average Bonchev–Trinajstić information content (AvgIpc) is 4.06. The Morgan fingerprint density at radius 3 is 1.03 bits per heavy atom. The molecule has 14 rings (SSSR count). The van der Waals surface area contributed by atoms with E-state index in [4.69, 9.17) is 0 Å². The first-order valence-electron chi connectivity index (χ1n) is 25.8. The van der Waals surface area contributed by atoms with E-state index in [-0.39, 0.29) is 0 Å². The lowest BCUT2D eigenvalue weighted by atomic mass is 9.67. The lowest BCUT2D eigenvalue weighted by Gasteiger charge is -2.36. The van der Waals surface area contributed by atoms with Gasteiger partial charge >= 0.3 is 0 Å². The topological polar surface area (TPSA) is 6.48 Å². The second-order valence-corrected chi connectivity index (χ2v) is 20.0. The number of hydrogen-bond donors (Lipinski definition) is 0. The number of allylic oxidation sites excluding steroid dienone is 2. The molecule has 2 heteroatoms. The summed E-state index contributed by atoms with van der Waals surface area (Å²) in [6.07, 6.45) is 0. The first-order valence-corrected chi connectivity index (χ1v) is 25.8. The van der Waals surface area contributed by atoms with Crippen molar-refractivity contribution in [2.24, 2.45) is 0 Å². The lowest BCUT2D eigenvalue weighted by molar-refractivity contribution is 0.768. The smallest absolute Gasteiger partial charge is 0.0729 e. The monoisotopic (exact) mass is 944 g/mol. The van der Waals surface area contributed by atoms with Crippen molar-refractivity contribution in [2.75, 3.05) is 9.80 Å². The summed E-state index contributed by atoms with van der Waals surface area (Å²) in [6, 6.07) is 104. The SMILES string of the molecule is CC1=C(c2ccccc2C)C2(c3cc(N(c4ccccc4)c4ccccc4)ccc31)c1ccccc1-c1ccc(N(c3ccccc3)c3ccc4c(c3)C(c3ccccc3)(c3ccccc3)c3ccccc3-4)cc12. The Labute approximate surface area is 434 Å². The third-order valence-electron chi connectivity index (χ3n) is 16.3. The third kappa shape index (κ3) is 6.31. The molecule has 350 valence electrons. The minimum absolute atomic E-state index is 0.542. The maximum Gasteiger partial charge on any atom is 0.0729 e. The van der Waals surface area contributed by atoms with Crippen molar-refractivity contribution in [1.29, 1.82) is 0 Å². The van der Waals surface area contributed by atoms with Gasteiger partial charge in [-0.3, -0.25) is 0 Å². The van der Waals surface area contributed by atoms with Crippen LogP contribution in [0.1, 0.15) is 62.6 Å². The van der Waals surface area contributed by atoms with Gasteiger partial charge in [-0.2, -0.15) is 0 Å². The Balaban J connectivity index is 1.04. The number of benzene rings is 11. The van der Waals surface area contributed by atoms with Crippen LogP contribution in [0.4, 0.5) is 34.1 Å². The van der Waals surface area contributed by atoms with Gasteiger partial charge in [0.25, 0.3) is 0 Å². The van der Waals surface area contributed by atoms with Crippen molar-refractivity contribution in [3.8, 4) is 22.3 Å². The van der Waals surface area contributed by atoms with Crippen LogP contribution in [0.25, 0.3) is 33.4 Å². The molecule has 11 aromatic rings. The minimum atomic E-state index is -0.653. The standard InChI is InChI=1S/C72H52N2/c1-49-24-18-19-35-59(49)70-50(2)60-43-40-56(73(53-29-12-5-13-30-53)54-31-14-6-15-32-54)46-67(60)72(70)66-39-23-21-37-62(66)64-45-42-58(48-69(64)72)74(55-33-16-7-17-34-55)57-41-44-63-61-36-20-22-38-65(61)71(68(63)47-57,51-25-8-3-9-26-51)52-27-10-4-11-28-52/h3-48H,1-2H3. The van der Waals surface area contributed by atoms with E-state index < -0.39 is 10.8 Å². The maximum absolute atomic E-state index is 2.53. The van der Waals surface area contributed by atoms with E-state index in [1.54, 1.807) is 0 Å². The van der Waals surface area contributed by atoms with Gasteiger partial charge in [0.1, 0.15) is 0 Å². The molecule has 74 heavy (non-hydrogen) atoms. The fourth-order valence-electron chi connectivity index (χ4n) is 13.3. The molecule has 1 atom stereocenters. The maximum atomic E-state index is 2.53. The zero-order valence-corrected chi connectivity index (χ0v) is 41.5. The summed E-state index contributed by atoms with van der Waals surface area (Å²) in [7, 11) is 0. The number of fused-ring (bicyclic) bond motifs is 10. The molecule has 0 aliphatic heterocycles. The van der Waals surface area contributed by atoms with E-state index in [1.165, 1.54) is 89.0 Å². The average molecular weight is 945 g/mol. The molecule has 1 unspecified atom stereocenters. The Hall–Kier alpha value is -9.24. The van der Waals surface area contributed by atoms with Gasteiger partial charge < -0.3 is 9.80 Å². The van der Waals surface area contributed by atoms with Crippen molar-refractivity contribution in [1.82, 2.24) is 0 Å². The van der Waals surface area contributed by atoms with E-state index in [0.29, 0.717) is 0 Å². The van der Waals surface area contributed by atoms with Crippen LogP contribution < -0.4 is 9.80 Å². The summed E-state index contributed by atoms with van der Waals surface area (Å²) in [6.45, 7) is 4.63. The van der Waals surface area contributed by atoms with E-state index in [1.807, 2.05) is 0 Å². The number of nitrogens with zero attached hydrogens (tertiary/aromatic N) is 2. The summed E-state index contributed by atoms with van der Waals surface area (Å²) in [5, 5.41) is 0. The highest BCUT2D eigenvalue weighted by molar-refractivity contribution is 6.10. The predicted octanol–water partition coefficient (Wildman–Crippen LogP) is 18.6. The van der Waals surface area contributed by atoms with Gasteiger partial charge in [-0.25, -0.2) is 0 Å². The molecule has 0 amide bonds. The zero-order chi connectivity index (χ0) is 49.4. The lowest BCUT2D eigenvalue weighted by Crippen LogP contribution is -2.29.